The predicted molar refractivity (Wildman–Crippen MR) is 29.2 cm³/mol. The molecule has 0 radical (unpaired) electrons. The molecular formula is C5H5ClO. The predicted octanol–water partition coefficient (Wildman–Crippen LogP) is 1.48. The van der Waals surface area contributed by atoms with E-state index in [-0.39, 0.29) is 0 Å². The van der Waals surface area contributed by atoms with Crippen LogP contribution in [0, 0.1) is 0 Å². The molecular weight excluding hydrogens is 112 g/mol. The summed E-state index contributed by atoms with van der Waals surface area (Å²) < 4.78 is 0. The molecule has 1 nitrogen and oxygen atoms in total. The molecule has 7 heavy (non-hydrogen) atoms. The van der Waals surface area contributed by atoms with Crippen molar-refractivity contribution in [1.29, 1.82) is 0 Å². The molecule has 2 heteroatoms. The van der Waals surface area contributed by atoms with Crippen LogP contribution in [0.15, 0.2) is 16.8 Å². The van der Waals surface area contributed by atoms with Crippen LogP contribution in [0.2, 0.25) is 0 Å². The van der Waals surface area contributed by atoms with E-state index < -0.39 is 0 Å². The Labute approximate surface area is 47.3 Å². The van der Waals surface area contributed by atoms with Gasteiger partial charge in [-0.3, -0.25) is 4.79 Å². The first-order valence-electron chi connectivity index (χ1n) is 1.80. The van der Waals surface area contributed by atoms with Crippen LogP contribution in [-0.4, -0.2) is 6.29 Å². The largest absolute Gasteiger partial charge is 0.298 e. The topological polar surface area (TPSA) is 17.1 Å². The summed E-state index contributed by atoms with van der Waals surface area (Å²) in [6, 6.07) is 0. The zero-order valence-corrected chi connectivity index (χ0v) is 4.70. The summed E-state index contributed by atoms with van der Waals surface area (Å²) in [6.07, 6.45) is 1.86. The average Bonchev–Trinajstić information content (AvgIpc) is 1.61. The third-order valence-corrected chi connectivity index (χ3v) is 0.459. The van der Waals surface area contributed by atoms with Crippen molar-refractivity contribution in [2.45, 2.75) is 6.92 Å². The van der Waals surface area contributed by atoms with Gasteiger partial charge in [0, 0.05) is 6.08 Å². The highest BCUT2D eigenvalue weighted by atomic mass is 35.5. The molecule has 0 aliphatic rings. The Balaban J connectivity index is 3.86. The smallest absolute Gasteiger partial charge is 0.150 e. The van der Waals surface area contributed by atoms with Crippen LogP contribution in [0.4, 0.5) is 0 Å². The number of hydrogen-bond donors (Lipinski definition) is 0. The molecule has 0 aliphatic carbocycles. The van der Waals surface area contributed by atoms with E-state index in [9.17, 15) is 4.79 Å². The van der Waals surface area contributed by atoms with Crippen molar-refractivity contribution in [2.75, 3.05) is 0 Å². The molecule has 0 N–H and O–H groups in total. The molecule has 0 aromatic carbocycles. The summed E-state index contributed by atoms with van der Waals surface area (Å²) in [5.41, 5.74) is 2.48. The van der Waals surface area contributed by atoms with Gasteiger partial charge in [0.25, 0.3) is 0 Å². The van der Waals surface area contributed by atoms with E-state index in [0.717, 1.165) is 0 Å². The number of rotatable bonds is 1. The Morgan fingerprint density at radius 1 is 1.86 bits per heavy atom. The van der Waals surface area contributed by atoms with Gasteiger partial charge < -0.3 is 0 Å². The summed E-state index contributed by atoms with van der Waals surface area (Å²) in [5, 5.41) is 0.493. The molecule has 0 bridgehead atoms. The van der Waals surface area contributed by atoms with Gasteiger partial charge in [0.05, 0.1) is 5.03 Å². The van der Waals surface area contributed by atoms with E-state index in [1.165, 1.54) is 6.08 Å². The average molecular weight is 117 g/mol. The minimum Gasteiger partial charge on any atom is -0.298 e. The van der Waals surface area contributed by atoms with Crippen LogP contribution in [0.1, 0.15) is 6.92 Å². The number of carbonyl (C=O) groups is 1. The first-order valence-corrected chi connectivity index (χ1v) is 2.17. The summed E-state index contributed by atoms with van der Waals surface area (Å²) in [5.74, 6) is 0. The summed E-state index contributed by atoms with van der Waals surface area (Å²) in [4.78, 5) is 9.52. The van der Waals surface area contributed by atoms with Gasteiger partial charge in [-0.15, -0.1) is 5.73 Å². The van der Waals surface area contributed by atoms with Crippen LogP contribution in [0.25, 0.3) is 0 Å². The third-order valence-electron chi connectivity index (χ3n) is 0.350. The fourth-order valence-corrected chi connectivity index (χ4v) is 0.212. The zero-order chi connectivity index (χ0) is 5.70. The van der Waals surface area contributed by atoms with Crippen molar-refractivity contribution >= 4 is 17.9 Å². The van der Waals surface area contributed by atoms with Crippen LogP contribution < -0.4 is 0 Å². The summed E-state index contributed by atoms with van der Waals surface area (Å²) in [7, 11) is 0. The molecule has 0 rings (SSSR count). The first-order chi connectivity index (χ1) is 3.27. The van der Waals surface area contributed by atoms with Crippen molar-refractivity contribution in [2.24, 2.45) is 0 Å². The number of allylic oxidation sites excluding steroid dienone is 1. The number of aldehydes is 1. The first kappa shape index (κ1) is 6.48. The van der Waals surface area contributed by atoms with Crippen molar-refractivity contribution in [3.8, 4) is 0 Å². The molecule has 0 heterocycles. The zero-order valence-electron chi connectivity index (χ0n) is 3.94. The second kappa shape index (κ2) is 3.66. The Kier molecular flexibility index (Phi) is 3.39. The molecule has 0 fully saturated rings. The van der Waals surface area contributed by atoms with Crippen molar-refractivity contribution in [3.05, 3.63) is 16.8 Å². The minimum absolute atomic E-state index is 0.493. The van der Waals surface area contributed by atoms with Crippen LogP contribution in [0.3, 0.4) is 0 Å². The van der Waals surface area contributed by atoms with Gasteiger partial charge in [-0.25, -0.2) is 0 Å². The standard InChI is InChI=1S/C5H5ClO/c1-5(6)3-2-4-7/h2,4H,1H3. The highest BCUT2D eigenvalue weighted by Gasteiger charge is 1.66. The van der Waals surface area contributed by atoms with Crippen molar-refractivity contribution < 1.29 is 4.79 Å². The summed E-state index contributed by atoms with van der Waals surface area (Å²) >= 11 is 5.27. The lowest BCUT2D eigenvalue weighted by molar-refractivity contribution is -0.104. The lowest BCUT2D eigenvalue weighted by Gasteiger charge is -1.66. The molecule has 0 amide bonds. The van der Waals surface area contributed by atoms with E-state index in [0.29, 0.717) is 11.3 Å². The molecule has 0 aromatic rings. The van der Waals surface area contributed by atoms with Gasteiger partial charge in [-0.05, 0) is 6.92 Å². The second-order valence-electron chi connectivity index (χ2n) is 0.981. The Morgan fingerprint density at radius 3 is 2.57 bits per heavy atom. The molecule has 0 spiro atoms. The van der Waals surface area contributed by atoms with E-state index in [2.05, 4.69) is 5.73 Å². The fourth-order valence-electron chi connectivity index (χ4n) is 0.149. The van der Waals surface area contributed by atoms with Crippen LogP contribution in [0.5, 0.6) is 0 Å². The Bertz CT molecular complexity index is 116. The molecule has 38 valence electrons. The Hall–Kier alpha value is -0.520. The second-order valence-corrected chi connectivity index (χ2v) is 1.55. The van der Waals surface area contributed by atoms with E-state index >= 15 is 0 Å². The summed E-state index contributed by atoms with van der Waals surface area (Å²) in [6.45, 7) is 1.65. The lowest BCUT2D eigenvalue weighted by Crippen LogP contribution is -1.53. The SMILES string of the molecule is CC(Cl)=C=CC=O. The number of hydrogen-bond acceptors (Lipinski definition) is 1. The van der Waals surface area contributed by atoms with Crippen molar-refractivity contribution in [3.63, 3.8) is 0 Å². The highest BCUT2D eigenvalue weighted by molar-refractivity contribution is 6.29. The molecule has 0 saturated carbocycles. The lowest BCUT2D eigenvalue weighted by atomic mass is 10.6. The van der Waals surface area contributed by atoms with E-state index in [1.807, 2.05) is 0 Å². The maximum absolute atomic E-state index is 9.52. The molecule has 0 aromatic heterocycles. The molecule has 0 unspecified atom stereocenters. The van der Waals surface area contributed by atoms with Gasteiger partial charge in [0.2, 0.25) is 0 Å². The Morgan fingerprint density at radius 2 is 2.43 bits per heavy atom. The van der Waals surface area contributed by atoms with Gasteiger partial charge in [0.1, 0.15) is 0 Å². The minimum atomic E-state index is 0.493. The number of carbonyl (C=O) groups excluding carboxylic acids is 1. The maximum atomic E-state index is 9.52. The monoisotopic (exact) mass is 116 g/mol. The normalized spacial score (nSPS) is 6.57. The molecule has 0 atom stereocenters. The van der Waals surface area contributed by atoms with Gasteiger partial charge in [-0.2, -0.15) is 0 Å². The molecule has 0 saturated heterocycles. The maximum Gasteiger partial charge on any atom is 0.150 e. The third kappa shape index (κ3) is 5.48. The van der Waals surface area contributed by atoms with Crippen LogP contribution in [-0.2, 0) is 4.79 Å². The number of halogens is 1. The van der Waals surface area contributed by atoms with Gasteiger partial charge in [0.15, 0.2) is 6.29 Å². The van der Waals surface area contributed by atoms with E-state index in [1.54, 1.807) is 6.92 Å². The van der Waals surface area contributed by atoms with Gasteiger partial charge >= 0.3 is 0 Å². The van der Waals surface area contributed by atoms with Crippen LogP contribution >= 0.6 is 11.6 Å². The molecule has 0 aliphatic heterocycles. The quantitative estimate of drug-likeness (QED) is 0.288. The van der Waals surface area contributed by atoms with Gasteiger partial charge in [-0.1, -0.05) is 11.6 Å². The highest BCUT2D eigenvalue weighted by Crippen LogP contribution is 1.91. The van der Waals surface area contributed by atoms with E-state index in [4.69, 9.17) is 11.6 Å². The van der Waals surface area contributed by atoms with Crippen molar-refractivity contribution in [1.82, 2.24) is 0 Å². The fraction of sp³-hybridized carbons (Fsp3) is 0.200.